The molecule has 0 atom stereocenters. The van der Waals surface area contributed by atoms with Gasteiger partial charge in [0.1, 0.15) is 12.2 Å². The Bertz CT molecular complexity index is 1150. The van der Waals surface area contributed by atoms with Crippen molar-refractivity contribution >= 4 is 31.8 Å². The molecule has 0 aliphatic rings. The van der Waals surface area contributed by atoms with Crippen molar-refractivity contribution in [3.05, 3.63) is 12.2 Å². The molecular weight excluding hydrogens is 442 g/mol. The second kappa shape index (κ2) is 9.12. The van der Waals surface area contributed by atoms with E-state index in [-0.39, 0.29) is 24.4 Å². The number of sulfone groups is 1. The lowest BCUT2D eigenvalue weighted by Gasteiger charge is -2.14. The van der Waals surface area contributed by atoms with Gasteiger partial charge in [-0.15, -0.1) is 0 Å². The third kappa shape index (κ3) is 5.26. The summed E-state index contributed by atoms with van der Waals surface area (Å²) in [4.78, 5) is 30.0. The summed E-state index contributed by atoms with van der Waals surface area (Å²) in [6.07, 6.45) is 0.854. The van der Waals surface area contributed by atoms with Gasteiger partial charge in [-0.25, -0.2) is 36.3 Å². The van der Waals surface area contributed by atoms with Gasteiger partial charge in [0.2, 0.25) is 11.8 Å². The van der Waals surface area contributed by atoms with Crippen molar-refractivity contribution in [1.82, 2.24) is 29.6 Å². The molecule has 0 bridgehead atoms. The molecular formula is C14H19N7O7S2. The number of rotatable bonds is 8. The van der Waals surface area contributed by atoms with Gasteiger partial charge in [-0.2, -0.15) is 15.0 Å². The van der Waals surface area contributed by atoms with E-state index in [2.05, 4.69) is 30.2 Å². The van der Waals surface area contributed by atoms with Gasteiger partial charge in [-0.3, -0.25) is 5.32 Å². The number of ether oxygens (including phenoxy) is 2. The maximum atomic E-state index is 12.8. The summed E-state index contributed by atoms with van der Waals surface area (Å²) in [5.74, 6) is -1.04. The van der Waals surface area contributed by atoms with Crippen LogP contribution in [0.15, 0.2) is 16.2 Å². The molecule has 2 aromatic rings. The summed E-state index contributed by atoms with van der Waals surface area (Å²) in [5.41, 5.74) is 0. The SMILES string of the molecule is CCOc1ncnc(S(=O)(=O)CC)c1S(=O)(=O)NC(=O)Nc1nc(C)nc(OC)n1. The number of anilines is 1. The fourth-order valence-electron chi connectivity index (χ4n) is 2.07. The first kappa shape index (κ1) is 23.1. The average molecular weight is 461 g/mol. The van der Waals surface area contributed by atoms with E-state index >= 15 is 0 Å². The van der Waals surface area contributed by atoms with E-state index < -0.39 is 47.4 Å². The van der Waals surface area contributed by atoms with E-state index in [0.717, 1.165) is 6.33 Å². The van der Waals surface area contributed by atoms with Crippen LogP contribution in [0.5, 0.6) is 11.9 Å². The predicted octanol–water partition coefficient (Wildman–Crippen LogP) is -0.319. The summed E-state index contributed by atoms with van der Waals surface area (Å²) in [6.45, 7) is 4.34. The molecule has 30 heavy (non-hydrogen) atoms. The number of aryl methyl sites for hydroxylation is 1. The lowest BCUT2D eigenvalue weighted by molar-refractivity contribution is 0.256. The summed E-state index contributed by atoms with van der Waals surface area (Å²) in [7, 11) is -7.57. The standard InChI is InChI=1S/C14H19N7O7S2/c1-5-28-10-9(11(16-7-15-10)29(23,24)6-2)30(25,26)21-13(22)19-12-17-8(3)18-14(20-12)27-4/h7H,5-6H2,1-4H3,(H2,17,18,19,20,21,22). The van der Waals surface area contributed by atoms with Crippen molar-refractivity contribution in [3.63, 3.8) is 0 Å². The molecule has 0 radical (unpaired) electrons. The lowest BCUT2D eigenvalue weighted by atomic mass is 10.6. The van der Waals surface area contributed by atoms with Crippen molar-refractivity contribution in [2.45, 2.75) is 30.7 Å². The Balaban J connectivity index is 2.44. The zero-order valence-electron chi connectivity index (χ0n) is 16.4. The summed E-state index contributed by atoms with van der Waals surface area (Å²) in [6, 6.07) is -1.37. The van der Waals surface area contributed by atoms with Crippen LogP contribution in [-0.4, -0.2) is 67.3 Å². The van der Waals surface area contributed by atoms with Crippen molar-refractivity contribution in [3.8, 4) is 11.9 Å². The molecule has 0 aliphatic heterocycles. The van der Waals surface area contributed by atoms with Gasteiger partial charge in [0.15, 0.2) is 19.8 Å². The number of aromatic nitrogens is 5. The summed E-state index contributed by atoms with van der Waals surface area (Å²) >= 11 is 0. The van der Waals surface area contributed by atoms with Gasteiger partial charge >= 0.3 is 12.0 Å². The van der Waals surface area contributed by atoms with Crippen LogP contribution in [0.25, 0.3) is 0 Å². The Morgan fingerprint density at radius 1 is 1.10 bits per heavy atom. The molecule has 16 heteroatoms. The Morgan fingerprint density at radius 2 is 1.80 bits per heavy atom. The predicted molar refractivity (Wildman–Crippen MR) is 101 cm³/mol. The molecule has 164 valence electrons. The van der Waals surface area contributed by atoms with E-state index in [1.54, 1.807) is 11.6 Å². The minimum absolute atomic E-state index is 0.0126. The second-order valence-electron chi connectivity index (χ2n) is 5.40. The second-order valence-corrected chi connectivity index (χ2v) is 9.21. The monoisotopic (exact) mass is 461 g/mol. The Kier molecular flexibility index (Phi) is 7.04. The molecule has 0 saturated carbocycles. The number of methoxy groups -OCH3 is 1. The largest absolute Gasteiger partial charge is 0.477 e. The minimum Gasteiger partial charge on any atom is -0.477 e. The fraction of sp³-hybridized carbons (Fsp3) is 0.429. The van der Waals surface area contributed by atoms with Gasteiger partial charge in [0.05, 0.1) is 19.5 Å². The fourth-order valence-corrected chi connectivity index (χ4v) is 4.66. The average Bonchev–Trinajstić information content (AvgIpc) is 2.66. The molecule has 2 amide bonds. The highest BCUT2D eigenvalue weighted by Crippen LogP contribution is 2.27. The quantitative estimate of drug-likeness (QED) is 0.487. The number of hydrogen-bond acceptors (Lipinski definition) is 12. The molecule has 2 N–H and O–H groups in total. The van der Waals surface area contributed by atoms with Gasteiger partial charge in [-0.05, 0) is 13.8 Å². The zero-order chi connectivity index (χ0) is 22.5. The van der Waals surface area contributed by atoms with E-state index in [1.165, 1.54) is 21.0 Å². The van der Waals surface area contributed by atoms with E-state index in [0.29, 0.717) is 0 Å². The summed E-state index contributed by atoms with van der Waals surface area (Å²) < 4.78 is 62.0. The van der Waals surface area contributed by atoms with Crippen molar-refractivity contribution in [2.24, 2.45) is 0 Å². The van der Waals surface area contributed by atoms with Crippen molar-refractivity contribution in [1.29, 1.82) is 0 Å². The highest BCUT2D eigenvalue weighted by atomic mass is 32.2. The smallest absolute Gasteiger partial charge is 0.335 e. The molecule has 0 saturated heterocycles. The van der Waals surface area contributed by atoms with Crippen molar-refractivity contribution < 1.29 is 31.1 Å². The number of nitrogens with one attached hydrogen (secondary N) is 2. The van der Waals surface area contributed by atoms with Crippen LogP contribution in [0.3, 0.4) is 0 Å². The van der Waals surface area contributed by atoms with Crippen LogP contribution in [0.1, 0.15) is 19.7 Å². The highest BCUT2D eigenvalue weighted by molar-refractivity contribution is 7.93. The first-order valence-corrected chi connectivity index (χ1v) is 11.5. The van der Waals surface area contributed by atoms with Gasteiger partial charge in [0.25, 0.3) is 10.0 Å². The molecule has 2 aromatic heterocycles. The van der Waals surface area contributed by atoms with Gasteiger partial charge in [0, 0.05) is 0 Å². The molecule has 0 fully saturated rings. The lowest BCUT2D eigenvalue weighted by Crippen LogP contribution is -2.36. The number of amides is 2. The van der Waals surface area contributed by atoms with Crippen LogP contribution in [0, 0.1) is 6.92 Å². The van der Waals surface area contributed by atoms with E-state index in [9.17, 15) is 21.6 Å². The Labute approximate surface area is 172 Å². The van der Waals surface area contributed by atoms with Crippen molar-refractivity contribution in [2.75, 3.05) is 24.8 Å². The van der Waals surface area contributed by atoms with Crippen LogP contribution < -0.4 is 19.5 Å². The number of urea groups is 1. The third-order valence-electron chi connectivity index (χ3n) is 3.32. The molecule has 2 rings (SSSR count). The molecule has 0 aliphatic carbocycles. The maximum absolute atomic E-state index is 12.8. The number of carbonyl (C=O) groups excluding carboxylic acids is 1. The van der Waals surface area contributed by atoms with Crippen LogP contribution >= 0.6 is 0 Å². The molecule has 0 unspecified atom stereocenters. The maximum Gasteiger partial charge on any atom is 0.335 e. The Hall–Kier alpha value is -3.14. The van der Waals surface area contributed by atoms with E-state index in [1.807, 2.05) is 0 Å². The van der Waals surface area contributed by atoms with Crippen LogP contribution in [0.2, 0.25) is 0 Å². The third-order valence-corrected chi connectivity index (χ3v) is 6.47. The van der Waals surface area contributed by atoms with Crippen LogP contribution in [-0.2, 0) is 19.9 Å². The normalized spacial score (nSPS) is 11.6. The first-order valence-electron chi connectivity index (χ1n) is 8.35. The summed E-state index contributed by atoms with van der Waals surface area (Å²) in [5, 5.41) is 1.31. The molecule has 0 aromatic carbocycles. The molecule has 0 spiro atoms. The van der Waals surface area contributed by atoms with Crippen LogP contribution in [0.4, 0.5) is 10.7 Å². The minimum atomic E-state index is -4.78. The molecule has 14 nitrogen and oxygen atoms in total. The number of nitrogens with zero attached hydrogens (tertiary/aromatic N) is 5. The Morgan fingerprint density at radius 3 is 2.40 bits per heavy atom. The van der Waals surface area contributed by atoms with Gasteiger partial charge < -0.3 is 9.47 Å². The number of carbonyl (C=O) groups is 1. The number of hydrogen-bond donors (Lipinski definition) is 2. The van der Waals surface area contributed by atoms with Gasteiger partial charge in [-0.1, -0.05) is 6.92 Å². The highest BCUT2D eigenvalue weighted by Gasteiger charge is 2.33. The molecule has 2 heterocycles. The topological polar surface area (TPSA) is 192 Å². The zero-order valence-corrected chi connectivity index (χ0v) is 18.0. The number of sulfonamides is 1. The van der Waals surface area contributed by atoms with E-state index in [4.69, 9.17) is 9.47 Å². The first-order chi connectivity index (χ1) is 14.0.